The van der Waals surface area contributed by atoms with Gasteiger partial charge in [-0.2, -0.15) is 0 Å². The lowest BCUT2D eigenvalue weighted by atomic mass is 10.2. The third-order valence-corrected chi connectivity index (χ3v) is 5.66. The minimum absolute atomic E-state index is 0.0386. The zero-order chi connectivity index (χ0) is 21.6. The molecule has 8 heteroatoms. The highest BCUT2D eigenvalue weighted by atomic mass is 35.5. The number of benzene rings is 2. The molecule has 0 atom stereocenters. The van der Waals surface area contributed by atoms with Crippen LogP contribution in [0.2, 0.25) is 5.02 Å². The van der Waals surface area contributed by atoms with Crippen LogP contribution in [0.15, 0.2) is 36.4 Å². The van der Waals surface area contributed by atoms with Crippen LogP contribution in [0.5, 0.6) is 5.75 Å². The number of amides is 1. The van der Waals surface area contributed by atoms with Crippen LogP contribution in [0, 0.1) is 6.92 Å². The molecule has 7 nitrogen and oxygen atoms in total. The first-order chi connectivity index (χ1) is 15.1. The highest BCUT2D eigenvalue weighted by molar-refractivity contribution is 6.31. The van der Waals surface area contributed by atoms with Gasteiger partial charge in [0.25, 0.3) is 0 Å². The van der Waals surface area contributed by atoms with Crippen molar-refractivity contribution in [3.8, 4) is 5.75 Å². The monoisotopic (exact) mass is 442 g/mol. The fraction of sp³-hybridized carbons (Fsp3) is 0.391. The zero-order valence-electron chi connectivity index (χ0n) is 17.6. The van der Waals surface area contributed by atoms with E-state index in [1.165, 1.54) is 0 Å². The normalized spacial score (nSPS) is 14.6. The van der Waals surface area contributed by atoms with Gasteiger partial charge >= 0.3 is 0 Å². The summed E-state index contributed by atoms with van der Waals surface area (Å²) in [5.41, 5.74) is 3.54. The molecular weight excluding hydrogens is 416 g/mol. The topological polar surface area (TPSA) is 79.5 Å². The number of carbonyl (C=O) groups is 1. The molecule has 0 aliphatic carbocycles. The number of carbonyl (C=O) groups excluding carboxylic acids is 1. The fourth-order valence-electron chi connectivity index (χ4n) is 3.54. The zero-order valence-corrected chi connectivity index (χ0v) is 18.4. The van der Waals surface area contributed by atoms with Crippen molar-refractivity contribution in [2.45, 2.75) is 26.3 Å². The molecule has 0 radical (unpaired) electrons. The molecule has 1 saturated heterocycles. The maximum absolute atomic E-state index is 12.3. The molecule has 2 aromatic carbocycles. The maximum atomic E-state index is 12.3. The molecule has 1 aromatic heterocycles. The van der Waals surface area contributed by atoms with Crippen LogP contribution in [0.25, 0.3) is 11.0 Å². The molecule has 31 heavy (non-hydrogen) atoms. The number of aryl methyl sites for hydroxylation is 1. The summed E-state index contributed by atoms with van der Waals surface area (Å²) in [6.45, 7) is 6.54. The molecule has 2 N–H and O–H groups in total. The van der Waals surface area contributed by atoms with Crippen molar-refractivity contribution >= 4 is 34.2 Å². The van der Waals surface area contributed by atoms with Crippen molar-refractivity contribution in [1.82, 2.24) is 14.9 Å². The average Bonchev–Trinajstić information content (AvgIpc) is 3.16. The standard InChI is InChI=1S/C23H27ClN4O3/c1-16-13-18(5-6-19(16)24)31-10-2-3-23(29)25-17-4-7-20-21(14-17)27-22(26-20)15-28-8-11-30-12-9-28/h4-7,13-14H,2-3,8-12,15H2,1H3,(H,25,29)(H,26,27). The smallest absolute Gasteiger partial charge is 0.224 e. The van der Waals surface area contributed by atoms with Gasteiger partial charge in [-0.25, -0.2) is 4.98 Å². The summed E-state index contributed by atoms with van der Waals surface area (Å²) in [6, 6.07) is 11.3. The fourth-order valence-corrected chi connectivity index (χ4v) is 3.66. The lowest BCUT2D eigenvalue weighted by Gasteiger charge is -2.25. The maximum Gasteiger partial charge on any atom is 0.224 e. The van der Waals surface area contributed by atoms with Gasteiger partial charge in [-0.15, -0.1) is 0 Å². The second-order valence-corrected chi connectivity index (χ2v) is 8.12. The molecular formula is C23H27ClN4O3. The first-order valence-electron chi connectivity index (χ1n) is 10.5. The van der Waals surface area contributed by atoms with Gasteiger partial charge in [0.15, 0.2) is 0 Å². The summed E-state index contributed by atoms with van der Waals surface area (Å²) in [5, 5.41) is 3.67. The molecule has 0 spiro atoms. The molecule has 0 unspecified atom stereocenters. The van der Waals surface area contributed by atoms with Crippen LogP contribution >= 0.6 is 11.6 Å². The summed E-state index contributed by atoms with van der Waals surface area (Å²) in [5.74, 6) is 1.65. The van der Waals surface area contributed by atoms with E-state index in [2.05, 4.69) is 20.2 Å². The van der Waals surface area contributed by atoms with E-state index >= 15 is 0 Å². The van der Waals surface area contributed by atoms with E-state index in [4.69, 9.17) is 21.1 Å². The van der Waals surface area contributed by atoms with Gasteiger partial charge in [0.1, 0.15) is 11.6 Å². The Bertz CT molecular complexity index is 1050. The van der Waals surface area contributed by atoms with E-state index in [0.717, 1.165) is 66.7 Å². The molecule has 1 aliphatic heterocycles. The van der Waals surface area contributed by atoms with Crippen molar-refractivity contribution in [3.63, 3.8) is 0 Å². The Morgan fingerprint density at radius 2 is 2.10 bits per heavy atom. The number of H-pyrrole nitrogens is 1. The second kappa shape index (κ2) is 10.1. The van der Waals surface area contributed by atoms with E-state index in [0.29, 0.717) is 24.5 Å². The van der Waals surface area contributed by atoms with Crippen LogP contribution in [0.3, 0.4) is 0 Å². The van der Waals surface area contributed by atoms with Crippen LogP contribution in [-0.2, 0) is 16.1 Å². The van der Waals surface area contributed by atoms with Crippen molar-refractivity contribution in [3.05, 3.63) is 52.8 Å². The largest absolute Gasteiger partial charge is 0.494 e. The first-order valence-corrected chi connectivity index (χ1v) is 10.9. The number of hydrogen-bond donors (Lipinski definition) is 2. The second-order valence-electron chi connectivity index (χ2n) is 7.72. The van der Waals surface area contributed by atoms with Gasteiger partial charge in [0.05, 0.1) is 37.4 Å². The van der Waals surface area contributed by atoms with Gasteiger partial charge < -0.3 is 19.8 Å². The lowest BCUT2D eigenvalue weighted by Crippen LogP contribution is -2.35. The first kappa shape index (κ1) is 21.6. The van der Waals surface area contributed by atoms with Gasteiger partial charge in [-0.05, 0) is 55.3 Å². The van der Waals surface area contributed by atoms with Gasteiger partial charge in [-0.3, -0.25) is 9.69 Å². The number of hydrogen-bond acceptors (Lipinski definition) is 5. The molecule has 3 aromatic rings. The number of morpholine rings is 1. The number of ether oxygens (including phenoxy) is 2. The van der Waals surface area contributed by atoms with Crippen LogP contribution < -0.4 is 10.1 Å². The quantitative estimate of drug-likeness (QED) is 0.512. The average molecular weight is 443 g/mol. The van der Waals surface area contributed by atoms with Crippen molar-refractivity contribution in [1.29, 1.82) is 0 Å². The lowest BCUT2D eigenvalue weighted by molar-refractivity contribution is -0.116. The SMILES string of the molecule is Cc1cc(OCCCC(=O)Nc2ccc3nc(CN4CCOCC4)[nH]c3c2)ccc1Cl. The van der Waals surface area contributed by atoms with Crippen molar-refractivity contribution in [2.75, 3.05) is 38.2 Å². The third kappa shape index (κ3) is 5.97. The summed E-state index contributed by atoms with van der Waals surface area (Å²) in [7, 11) is 0. The molecule has 1 aliphatic rings. The van der Waals surface area contributed by atoms with E-state index < -0.39 is 0 Å². The Kier molecular flexibility index (Phi) is 7.06. The minimum atomic E-state index is -0.0386. The minimum Gasteiger partial charge on any atom is -0.494 e. The Morgan fingerprint density at radius 1 is 1.26 bits per heavy atom. The number of rotatable bonds is 8. The molecule has 0 bridgehead atoms. The third-order valence-electron chi connectivity index (χ3n) is 5.24. The Balaban J connectivity index is 1.25. The summed E-state index contributed by atoms with van der Waals surface area (Å²) in [6.07, 6.45) is 1.01. The molecule has 164 valence electrons. The highest BCUT2D eigenvalue weighted by Crippen LogP contribution is 2.21. The molecule has 0 saturated carbocycles. The Labute approximate surface area is 186 Å². The van der Waals surface area contributed by atoms with Gasteiger partial charge in [0, 0.05) is 30.2 Å². The number of aromatic amines is 1. The molecule has 4 rings (SSSR count). The van der Waals surface area contributed by atoms with Crippen LogP contribution in [-0.4, -0.2) is 53.7 Å². The Morgan fingerprint density at radius 3 is 2.90 bits per heavy atom. The number of halogens is 1. The van der Waals surface area contributed by atoms with Crippen LogP contribution in [0.1, 0.15) is 24.2 Å². The van der Waals surface area contributed by atoms with Gasteiger partial charge in [0.2, 0.25) is 5.91 Å². The number of anilines is 1. The number of aromatic nitrogens is 2. The predicted octanol–water partition coefficient (Wildman–Crippen LogP) is 4.15. The van der Waals surface area contributed by atoms with Gasteiger partial charge in [-0.1, -0.05) is 11.6 Å². The summed E-state index contributed by atoms with van der Waals surface area (Å²) >= 11 is 6.02. The van der Waals surface area contributed by atoms with Crippen LogP contribution in [0.4, 0.5) is 5.69 Å². The number of fused-ring (bicyclic) bond motifs is 1. The number of imidazole rings is 1. The van der Waals surface area contributed by atoms with Crippen molar-refractivity contribution < 1.29 is 14.3 Å². The van der Waals surface area contributed by atoms with E-state index in [1.807, 2.05) is 43.3 Å². The van der Waals surface area contributed by atoms with Crippen molar-refractivity contribution in [2.24, 2.45) is 0 Å². The number of nitrogens with one attached hydrogen (secondary N) is 2. The molecule has 1 amide bonds. The predicted molar refractivity (Wildman–Crippen MR) is 122 cm³/mol. The van der Waals surface area contributed by atoms with E-state index in [9.17, 15) is 4.79 Å². The highest BCUT2D eigenvalue weighted by Gasteiger charge is 2.13. The van der Waals surface area contributed by atoms with E-state index in [1.54, 1.807) is 0 Å². The molecule has 1 fully saturated rings. The summed E-state index contributed by atoms with van der Waals surface area (Å²) in [4.78, 5) is 22.6. The summed E-state index contributed by atoms with van der Waals surface area (Å²) < 4.78 is 11.1. The Hall–Kier alpha value is -2.61. The molecule has 2 heterocycles. The van der Waals surface area contributed by atoms with E-state index in [-0.39, 0.29) is 5.91 Å². The number of nitrogens with zero attached hydrogens (tertiary/aromatic N) is 2.